The van der Waals surface area contributed by atoms with E-state index in [4.69, 9.17) is 4.74 Å². The van der Waals surface area contributed by atoms with Crippen molar-refractivity contribution in [3.63, 3.8) is 0 Å². The maximum Gasteiger partial charge on any atom is 0.0676 e. The van der Waals surface area contributed by atoms with E-state index in [2.05, 4.69) is 34.6 Å². The zero-order valence-electron chi connectivity index (χ0n) is 14.5. The maximum atomic E-state index is 5.82. The molecule has 0 radical (unpaired) electrons. The molecule has 1 heteroatoms. The van der Waals surface area contributed by atoms with Crippen LogP contribution >= 0.6 is 0 Å². The molecule has 0 aromatic rings. The minimum Gasteiger partial charge on any atom is -0.378 e. The Balaban J connectivity index is 4.36. The number of hydrogen-bond acceptors (Lipinski definition) is 1. The van der Waals surface area contributed by atoms with Crippen LogP contribution in [0.3, 0.4) is 0 Å². The number of unbranched alkanes of at least 4 members (excludes halogenated alkanes) is 6. The van der Waals surface area contributed by atoms with Gasteiger partial charge in [0.15, 0.2) is 0 Å². The number of rotatable bonds is 12. The Bertz CT molecular complexity index is 196. The van der Waals surface area contributed by atoms with E-state index < -0.39 is 0 Å². The molecule has 0 aliphatic rings. The van der Waals surface area contributed by atoms with Crippen molar-refractivity contribution >= 4 is 0 Å². The summed E-state index contributed by atoms with van der Waals surface area (Å²) in [6, 6.07) is 0. The fraction of sp³-hybridized carbons (Fsp3) is 1.00. The van der Waals surface area contributed by atoms with Crippen LogP contribution < -0.4 is 0 Å². The molecule has 0 N–H and O–H groups in total. The van der Waals surface area contributed by atoms with Gasteiger partial charge in [0.25, 0.3) is 0 Å². The number of methoxy groups -OCH3 is 1. The van der Waals surface area contributed by atoms with Crippen molar-refractivity contribution in [2.45, 2.75) is 104 Å². The molecule has 0 aromatic carbocycles. The zero-order chi connectivity index (χ0) is 14.8. The predicted molar refractivity (Wildman–Crippen MR) is 86.7 cm³/mol. The Morgan fingerprint density at radius 2 is 1.11 bits per heavy atom. The molecule has 0 aliphatic heterocycles. The third kappa shape index (κ3) is 6.79. The molecule has 1 nitrogen and oxygen atoms in total. The first-order chi connectivity index (χ1) is 8.93. The van der Waals surface area contributed by atoms with Gasteiger partial charge >= 0.3 is 0 Å². The normalized spacial score (nSPS) is 12.9. The summed E-state index contributed by atoms with van der Waals surface area (Å²) < 4.78 is 5.82. The highest BCUT2D eigenvalue weighted by atomic mass is 16.5. The highest BCUT2D eigenvalue weighted by molar-refractivity contribution is 4.90. The lowest BCUT2D eigenvalue weighted by molar-refractivity contribution is -0.0893. The van der Waals surface area contributed by atoms with Crippen molar-refractivity contribution in [2.24, 2.45) is 5.41 Å². The molecule has 19 heavy (non-hydrogen) atoms. The molecule has 0 spiro atoms. The summed E-state index contributed by atoms with van der Waals surface area (Å²) in [4.78, 5) is 0. The molecular weight excluding hydrogens is 232 g/mol. The fourth-order valence-corrected chi connectivity index (χ4v) is 2.86. The molecule has 0 rings (SSSR count). The molecule has 0 aliphatic carbocycles. The van der Waals surface area contributed by atoms with E-state index in [1.54, 1.807) is 0 Å². The van der Waals surface area contributed by atoms with Gasteiger partial charge < -0.3 is 4.74 Å². The van der Waals surface area contributed by atoms with Crippen LogP contribution in [0.15, 0.2) is 0 Å². The van der Waals surface area contributed by atoms with Crippen molar-refractivity contribution in [1.82, 2.24) is 0 Å². The summed E-state index contributed by atoms with van der Waals surface area (Å²) >= 11 is 0. The molecule has 0 bridgehead atoms. The molecule has 0 fully saturated rings. The van der Waals surface area contributed by atoms with Crippen LogP contribution in [0.5, 0.6) is 0 Å². The Labute approximate surface area is 122 Å². The molecule has 0 saturated heterocycles. The molecule has 0 saturated carbocycles. The van der Waals surface area contributed by atoms with Gasteiger partial charge in [-0.3, -0.25) is 0 Å². The van der Waals surface area contributed by atoms with Crippen molar-refractivity contribution in [2.75, 3.05) is 7.11 Å². The first-order valence-electron chi connectivity index (χ1n) is 8.48. The van der Waals surface area contributed by atoms with Crippen LogP contribution in [0.1, 0.15) is 98.8 Å². The minimum atomic E-state index is -0.00850. The second-order valence-corrected chi connectivity index (χ2v) is 6.90. The quantitative estimate of drug-likeness (QED) is 0.375. The van der Waals surface area contributed by atoms with E-state index >= 15 is 0 Å². The van der Waals surface area contributed by atoms with E-state index in [1.807, 2.05) is 7.11 Å². The Hall–Kier alpha value is -0.0400. The Kier molecular flexibility index (Phi) is 9.78. The lowest BCUT2D eigenvalue weighted by Crippen LogP contribution is -2.43. The lowest BCUT2D eigenvalue weighted by atomic mass is 9.68. The van der Waals surface area contributed by atoms with Crippen molar-refractivity contribution in [1.29, 1.82) is 0 Å². The Morgan fingerprint density at radius 3 is 1.42 bits per heavy atom. The average Bonchev–Trinajstić information content (AvgIpc) is 2.39. The summed E-state index contributed by atoms with van der Waals surface area (Å²) in [5.41, 5.74) is 0.314. The van der Waals surface area contributed by atoms with E-state index in [1.165, 1.54) is 64.2 Å². The number of hydrogen-bond donors (Lipinski definition) is 0. The second kappa shape index (κ2) is 9.80. The molecule has 0 atom stereocenters. The van der Waals surface area contributed by atoms with Gasteiger partial charge in [0, 0.05) is 7.11 Å². The largest absolute Gasteiger partial charge is 0.378 e. The average molecular weight is 271 g/mol. The van der Waals surface area contributed by atoms with Gasteiger partial charge in [-0.05, 0) is 32.1 Å². The van der Waals surface area contributed by atoms with Crippen LogP contribution in [-0.4, -0.2) is 12.7 Å². The van der Waals surface area contributed by atoms with Crippen LogP contribution in [0.25, 0.3) is 0 Å². The summed E-state index contributed by atoms with van der Waals surface area (Å²) in [5, 5.41) is 0. The molecule has 0 heterocycles. The minimum absolute atomic E-state index is 0.00850. The van der Waals surface area contributed by atoms with Gasteiger partial charge in [-0.2, -0.15) is 0 Å². The first-order valence-corrected chi connectivity index (χ1v) is 8.48. The van der Waals surface area contributed by atoms with E-state index in [0.717, 1.165) is 0 Å². The van der Waals surface area contributed by atoms with Crippen molar-refractivity contribution < 1.29 is 4.74 Å². The van der Waals surface area contributed by atoms with Gasteiger partial charge in [0.1, 0.15) is 0 Å². The molecule has 0 aromatic heterocycles. The Morgan fingerprint density at radius 1 is 0.684 bits per heavy atom. The highest BCUT2D eigenvalue weighted by Crippen LogP contribution is 2.43. The third-order valence-corrected chi connectivity index (χ3v) is 5.13. The topological polar surface area (TPSA) is 9.23 Å². The highest BCUT2D eigenvalue weighted by Gasteiger charge is 2.39. The van der Waals surface area contributed by atoms with Crippen LogP contribution in [0, 0.1) is 5.41 Å². The third-order valence-electron chi connectivity index (χ3n) is 5.13. The summed E-state index contributed by atoms with van der Waals surface area (Å²) in [6.07, 6.45) is 13.5. The fourth-order valence-electron chi connectivity index (χ4n) is 2.86. The monoisotopic (exact) mass is 270 g/mol. The lowest BCUT2D eigenvalue weighted by Gasteiger charge is -2.44. The van der Waals surface area contributed by atoms with Crippen molar-refractivity contribution in [3.05, 3.63) is 0 Å². The van der Waals surface area contributed by atoms with Crippen LogP contribution in [0.2, 0.25) is 0 Å². The van der Waals surface area contributed by atoms with Gasteiger partial charge in [-0.15, -0.1) is 0 Å². The number of ether oxygens (including phenoxy) is 1. The first kappa shape index (κ1) is 19.0. The van der Waals surface area contributed by atoms with Gasteiger partial charge in [0.05, 0.1) is 5.60 Å². The molecule has 116 valence electrons. The van der Waals surface area contributed by atoms with E-state index in [0.29, 0.717) is 5.41 Å². The summed E-state index contributed by atoms with van der Waals surface area (Å²) in [7, 11) is 1.87. The zero-order valence-corrected chi connectivity index (χ0v) is 14.5. The van der Waals surface area contributed by atoms with E-state index in [-0.39, 0.29) is 5.60 Å². The van der Waals surface area contributed by atoms with Crippen LogP contribution in [-0.2, 0) is 4.74 Å². The maximum absolute atomic E-state index is 5.82. The van der Waals surface area contributed by atoms with Gasteiger partial charge in [0.2, 0.25) is 0 Å². The van der Waals surface area contributed by atoms with Crippen molar-refractivity contribution in [3.8, 4) is 0 Å². The second-order valence-electron chi connectivity index (χ2n) is 6.90. The predicted octanol–water partition coefficient (Wildman–Crippen LogP) is 6.36. The standard InChI is InChI=1S/C18H38O/c1-7-9-11-13-15-18(5,17(3,4)19-6)16-14-12-10-8-2/h7-16H2,1-6H3. The smallest absolute Gasteiger partial charge is 0.0676 e. The van der Waals surface area contributed by atoms with Crippen LogP contribution in [0.4, 0.5) is 0 Å². The molecular formula is C18H38O. The van der Waals surface area contributed by atoms with Gasteiger partial charge in [-0.1, -0.05) is 72.1 Å². The summed E-state index contributed by atoms with van der Waals surface area (Å²) in [6.45, 7) is 11.5. The molecule has 0 amide bonds. The molecule has 0 unspecified atom stereocenters. The SMILES string of the molecule is CCCCCCC(C)(CCCCCC)C(C)(C)OC. The summed E-state index contributed by atoms with van der Waals surface area (Å²) in [5.74, 6) is 0. The van der Waals surface area contributed by atoms with Gasteiger partial charge in [-0.25, -0.2) is 0 Å². The van der Waals surface area contributed by atoms with E-state index in [9.17, 15) is 0 Å².